The average molecular weight is 464 g/mol. The highest BCUT2D eigenvalue weighted by Crippen LogP contribution is 2.37. The fourth-order valence-corrected chi connectivity index (χ4v) is 3.62. The van der Waals surface area contributed by atoms with Crippen molar-refractivity contribution in [2.24, 2.45) is 0 Å². The first-order chi connectivity index (χ1) is 15.4. The zero-order valence-electron chi connectivity index (χ0n) is 18.7. The molecule has 0 bridgehead atoms. The van der Waals surface area contributed by atoms with Gasteiger partial charge >= 0.3 is 0 Å². The summed E-state index contributed by atoms with van der Waals surface area (Å²) in [5.41, 5.74) is 12.4. The third-order valence-corrected chi connectivity index (χ3v) is 5.59. The molecule has 0 aliphatic carbocycles. The van der Waals surface area contributed by atoms with Gasteiger partial charge in [0.05, 0.1) is 5.69 Å². The highest BCUT2D eigenvalue weighted by molar-refractivity contribution is 6.34. The summed E-state index contributed by atoms with van der Waals surface area (Å²) >= 11 is 0. The SMILES string of the molecule is CCC(=O)Nc1cc(N)c(Oc2ccc(/C=C3\C(=O)Nc4ccccc43)cc2)c(C)c1C.Cl. The molecule has 0 atom stereocenters. The molecule has 1 heterocycles. The first kappa shape index (κ1) is 23.9. The van der Waals surface area contributed by atoms with Crippen molar-refractivity contribution >= 4 is 52.9 Å². The van der Waals surface area contributed by atoms with Crippen LogP contribution in [0, 0.1) is 13.8 Å². The van der Waals surface area contributed by atoms with Crippen LogP contribution in [0.1, 0.15) is 35.6 Å². The number of para-hydroxylation sites is 1. The summed E-state index contributed by atoms with van der Waals surface area (Å²) in [5, 5.41) is 5.75. The number of hydrogen-bond acceptors (Lipinski definition) is 4. The summed E-state index contributed by atoms with van der Waals surface area (Å²) in [7, 11) is 0. The Hall–Kier alpha value is -3.77. The first-order valence-electron chi connectivity index (χ1n) is 10.5. The average Bonchev–Trinajstić information content (AvgIpc) is 3.11. The van der Waals surface area contributed by atoms with E-state index in [1.54, 1.807) is 13.0 Å². The summed E-state index contributed by atoms with van der Waals surface area (Å²) in [6.07, 6.45) is 2.26. The number of fused-ring (bicyclic) bond motifs is 1. The molecule has 0 saturated heterocycles. The van der Waals surface area contributed by atoms with Crippen LogP contribution in [0.5, 0.6) is 11.5 Å². The molecule has 33 heavy (non-hydrogen) atoms. The molecule has 6 nitrogen and oxygen atoms in total. The van der Waals surface area contributed by atoms with Gasteiger partial charge < -0.3 is 21.1 Å². The molecule has 0 spiro atoms. The third-order valence-electron chi connectivity index (χ3n) is 5.59. The maximum atomic E-state index is 12.3. The van der Waals surface area contributed by atoms with Crippen LogP contribution in [0.2, 0.25) is 0 Å². The molecule has 0 unspecified atom stereocenters. The second kappa shape index (κ2) is 9.79. The Morgan fingerprint density at radius 3 is 2.48 bits per heavy atom. The van der Waals surface area contributed by atoms with Crippen molar-refractivity contribution in [2.75, 3.05) is 16.4 Å². The van der Waals surface area contributed by atoms with Crippen molar-refractivity contribution in [3.8, 4) is 11.5 Å². The van der Waals surface area contributed by atoms with E-state index in [-0.39, 0.29) is 24.2 Å². The number of rotatable bonds is 5. The van der Waals surface area contributed by atoms with Crippen LogP contribution >= 0.6 is 12.4 Å². The number of anilines is 3. The second-order valence-electron chi connectivity index (χ2n) is 7.72. The minimum Gasteiger partial charge on any atom is -0.455 e. The van der Waals surface area contributed by atoms with Gasteiger partial charge in [-0.3, -0.25) is 9.59 Å². The van der Waals surface area contributed by atoms with Crippen molar-refractivity contribution in [3.05, 3.63) is 76.9 Å². The summed E-state index contributed by atoms with van der Waals surface area (Å²) in [6, 6.07) is 16.8. The van der Waals surface area contributed by atoms with E-state index in [0.29, 0.717) is 34.9 Å². The quantitative estimate of drug-likeness (QED) is 0.322. The van der Waals surface area contributed by atoms with E-state index >= 15 is 0 Å². The standard InChI is InChI=1S/C26H25N3O3.ClH/c1-4-24(30)28-23-14-21(27)25(16(3)15(23)2)32-18-11-9-17(10-12-18)13-20-19-7-5-6-8-22(19)29-26(20)31;/h5-14H,4,27H2,1-3H3,(H,28,30)(H,29,31);1H/b20-13-;. The Kier molecular flexibility index (Phi) is 7.09. The van der Waals surface area contributed by atoms with E-state index in [1.807, 2.05) is 68.5 Å². The molecule has 2 amide bonds. The Bertz CT molecular complexity index is 1250. The molecular formula is C26H26ClN3O3. The van der Waals surface area contributed by atoms with E-state index in [2.05, 4.69) is 10.6 Å². The van der Waals surface area contributed by atoms with E-state index in [0.717, 1.165) is 27.9 Å². The molecule has 4 N–H and O–H groups in total. The predicted molar refractivity (Wildman–Crippen MR) is 136 cm³/mol. The van der Waals surface area contributed by atoms with Crippen LogP contribution in [-0.2, 0) is 9.59 Å². The number of benzene rings is 3. The van der Waals surface area contributed by atoms with E-state index in [4.69, 9.17) is 10.5 Å². The number of carbonyl (C=O) groups excluding carboxylic acids is 2. The minimum atomic E-state index is -0.111. The lowest BCUT2D eigenvalue weighted by Crippen LogP contribution is -2.12. The zero-order valence-corrected chi connectivity index (χ0v) is 19.5. The fraction of sp³-hybridized carbons (Fsp3) is 0.154. The number of halogens is 1. The lowest BCUT2D eigenvalue weighted by molar-refractivity contribution is -0.116. The van der Waals surface area contributed by atoms with E-state index in [1.165, 1.54) is 0 Å². The minimum absolute atomic E-state index is 0. The van der Waals surface area contributed by atoms with Crippen LogP contribution in [0.3, 0.4) is 0 Å². The molecule has 170 valence electrons. The lowest BCUT2D eigenvalue weighted by Gasteiger charge is -2.17. The molecule has 0 fully saturated rings. The van der Waals surface area contributed by atoms with Gasteiger partial charge in [-0.15, -0.1) is 12.4 Å². The highest BCUT2D eigenvalue weighted by atomic mass is 35.5. The second-order valence-corrected chi connectivity index (χ2v) is 7.72. The van der Waals surface area contributed by atoms with Crippen LogP contribution in [0.4, 0.5) is 17.1 Å². The Morgan fingerprint density at radius 1 is 1.09 bits per heavy atom. The number of nitrogens with two attached hydrogens (primary N) is 1. The maximum absolute atomic E-state index is 12.3. The molecule has 7 heteroatoms. The van der Waals surface area contributed by atoms with Gasteiger partial charge in [0, 0.05) is 28.9 Å². The molecule has 3 aromatic rings. The number of nitrogens with one attached hydrogen (secondary N) is 2. The van der Waals surface area contributed by atoms with Gasteiger partial charge in [-0.1, -0.05) is 37.3 Å². The molecule has 0 radical (unpaired) electrons. The third kappa shape index (κ3) is 4.86. The van der Waals surface area contributed by atoms with Crippen LogP contribution in [-0.4, -0.2) is 11.8 Å². The van der Waals surface area contributed by atoms with Crippen LogP contribution in [0.15, 0.2) is 54.6 Å². The summed E-state index contributed by atoms with van der Waals surface area (Å²) in [5.74, 6) is 1.01. The van der Waals surface area contributed by atoms with Crippen LogP contribution in [0.25, 0.3) is 11.6 Å². The maximum Gasteiger partial charge on any atom is 0.256 e. The normalized spacial score (nSPS) is 13.2. The number of nitrogen functional groups attached to an aromatic ring is 1. The highest BCUT2D eigenvalue weighted by Gasteiger charge is 2.23. The number of carbonyl (C=O) groups is 2. The Morgan fingerprint density at radius 2 is 1.79 bits per heavy atom. The largest absolute Gasteiger partial charge is 0.455 e. The monoisotopic (exact) mass is 463 g/mol. The Labute approximate surface area is 199 Å². The van der Waals surface area contributed by atoms with Crippen molar-refractivity contribution < 1.29 is 14.3 Å². The van der Waals surface area contributed by atoms with Crippen LogP contribution < -0.4 is 21.1 Å². The Balaban J connectivity index is 0.00000306. The van der Waals surface area contributed by atoms with E-state index < -0.39 is 0 Å². The summed E-state index contributed by atoms with van der Waals surface area (Å²) < 4.78 is 6.07. The van der Waals surface area contributed by atoms with Crippen molar-refractivity contribution in [1.82, 2.24) is 0 Å². The molecule has 0 aromatic heterocycles. The lowest BCUT2D eigenvalue weighted by atomic mass is 10.0. The fourth-order valence-electron chi connectivity index (χ4n) is 3.62. The van der Waals surface area contributed by atoms with Gasteiger partial charge in [-0.05, 0) is 60.9 Å². The van der Waals surface area contributed by atoms with Gasteiger partial charge in [0.15, 0.2) is 5.75 Å². The topological polar surface area (TPSA) is 93.5 Å². The van der Waals surface area contributed by atoms with Gasteiger partial charge in [0.2, 0.25) is 5.91 Å². The van der Waals surface area contributed by atoms with Crippen molar-refractivity contribution in [3.63, 3.8) is 0 Å². The number of amides is 2. The molecule has 0 saturated carbocycles. The summed E-state index contributed by atoms with van der Waals surface area (Å²) in [4.78, 5) is 24.1. The summed E-state index contributed by atoms with van der Waals surface area (Å²) in [6.45, 7) is 5.64. The van der Waals surface area contributed by atoms with Gasteiger partial charge in [-0.2, -0.15) is 0 Å². The predicted octanol–water partition coefficient (Wildman–Crippen LogP) is 5.94. The van der Waals surface area contributed by atoms with Gasteiger partial charge in [0.1, 0.15) is 5.75 Å². The molecule has 3 aromatic carbocycles. The number of ether oxygens (including phenoxy) is 1. The zero-order chi connectivity index (χ0) is 22.8. The molecule has 1 aliphatic heterocycles. The van der Waals surface area contributed by atoms with Crippen molar-refractivity contribution in [1.29, 1.82) is 0 Å². The first-order valence-corrected chi connectivity index (χ1v) is 10.5. The van der Waals surface area contributed by atoms with Crippen molar-refractivity contribution in [2.45, 2.75) is 27.2 Å². The van der Waals surface area contributed by atoms with Gasteiger partial charge in [0.25, 0.3) is 5.91 Å². The smallest absolute Gasteiger partial charge is 0.256 e. The number of hydrogen-bond donors (Lipinski definition) is 3. The molecular weight excluding hydrogens is 438 g/mol. The van der Waals surface area contributed by atoms with Gasteiger partial charge in [-0.25, -0.2) is 0 Å². The molecule has 1 aliphatic rings. The molecule has 4 rings (SSSR count). The van der Waals surface area contributed by atoms with E-state index in [9.17, 15) is 9.59 Å².